The van der Waals surface area contributed by atoms with E-state index in [9.17, 15) is 35.9 Å². The Morgan fingerprint density at radius 3 is 2.37 bits per heavy atom. The summed E-state index contributed by atoms with van der Waals surface area (Å²) in [6.45, 7) is 2.96. The average molecular weight is 557 g/mol. The van der Waals surface area contributed by atoms with Crippen LogP contribution in [0.2, 0.25) is 0 Å². The fourth-order valence-corrected chi connectivity index (χ4v) is 5.09. The predicted octanol–water partition coefficient (Wildman–Crippen LogP) is 1.09. The Bertz CT molecular complexity index is 1020. The van der Waals surface area contributed by atoms with Crippen molar-refractivity contribution in [3.63, 3.8) is 0 Å². The van der Waals surface area contributed by atoms with E-state index in [0.717, 1.165) is 6.20 Å². The number of hydrogen-bond donors (Lipinski definition) is 3. The van der Waals surface area contributed by atoms with Gasteiger partial charge in [-0.2, -0.15) is 31.4 Å². The first-order valence-electron chi connectivity index (χ1n) is 12.4. The first-order valence-corrected chi connectivity index (χ1v) is 12.4. The highest BCUT2D eigenvalue weighted by Crippen LogP contribution is 2.33. The van der Waals surface area contributed by atoms with Gasteiger partial charge in [0, 0.05) is 45.2 Å². The molecule has 3 N–H and O–H groups in total. The molecule has 0 aromatic carbocycles. The molecule has 4 atom stereocenters. The van der Waals surface area contributed by atoms with Crippen molar-refractivity contribution < 1.29 is 40.6 Å². The van der Waals surface area contributed by atoms with Crippen molar-refractivity contribution in [3.8, 4) is 5.75 Å². The highest BCUT2D eigenvalue weighted by atomic mass is 19.4. The molecule has 1 amide bonds. The first-order chi connectivity index (χ1) is 17.8. The van der Waals surface area contributed by atoms with Crippen LogP contribution in [-0.2, 0) is 15.7 Å². The number of carbonyl (C=O) groups excluding carboxylic acids is 1. The van der Waals surface area contributed by atoms with Crippen molar-refractivity contribution in [2.75, 3.05) is 39.3 Å². The maximum Gasteiger partial charge on any atom is 0.425 e. The number of piperidine rings is 1. The molecule has 38 heavy (non-hydrogen) atoms. The van der Waals surface area contributed by atoms with Crippen LogP contribution < -0.4 is 20.9 Å². The summed E-state index contributed by atoms with van der Waals surface area (Å²) in [5.74, 6) is -0.935. The molecule has 16 heteroatoms. The molecule has 3 aliphatic heterocycles. The molecule has 3 fully saturated rings. The van der Waals surface area contributed by atoms with Gasteiger partial charge in [0.2, 0.25) is 0 Å². The van der Waals surface area contributed by atoms with Crippen molar-refractivity contribution in [1.82, 2.24) is 30.6 Å². The molecular formula is C22H30F6N6O4. The SMILES string of the molecule is C[C@@H](CO[C@@H]1CCN(C2CCN(C3CNC(C(F)(F)F)CN3)CC2)C1=O)Oc1cn[nH]c(=O)c1C(F)(F)F. The van der Waals surface area contributed by atoms with Crippen LogP contribution in [0.15, 0.2) is 11.0 Å². The summed E-state index contributed by atoms with van der Waals surface area (Å²) in [6, 6.07) is -1.60. The van der Waals surface area contributed by atoms with Gasteiger partial charge in [0.1, 0.15) is 18.2 Å². The van der Waals surface area contributed by atoms with Gasteiger partial charge >= 0.3 is 12.4 Å². The minimum Gasteiger partial charge on any atom is -0.486 e. The van der Waals surface area contributed by atoms with E-state index in [1.165, 1.54) is 6.92 Å². The molecule has 214 valence electrons. The predicted molar refractivity (Wildman–Crippen MR) is 120 cm³/mol. The lowest BCUT2D eigenvalue weighted by atomic mass is 10.0. The van der Waals surface area contributed by atoms with E-state index in [-0.39, 0.29) is 37.8 Å². The standard InChI is InChI=1S/C22H30F6N6O4/c1-12(38-15-8-31-32-19(35)18(15)22(26,27)28)11-37-14-4-7-34(20(14)36)13-2-5-33(6-3-13)17-10-29-16(9-30-17)21(23,24)25/h8,12-14,16-17,29-30H,2-7,9-11H2,1H3,(H,32,35)/t12-,14+,16?,17?/m0/s1. The number of H-pyrrole nitrogens is 1. The van der Waals surface area contributed by atoms with Crippen molar-refractivity contribution in [2.45, 2.75) is 69.0 Å². The van der Waals surface area contributed by atoms with Crippen LogP contribution in [0.3, 0.4) is 0 Å². The van der Waals surface area contributed by atoms with Crippen molar-refractivity contribution in [2.24, 2.45) is 0 Å². The number of amides is 1. The van der Waals surface area contributed by atoms with Crippen molar-refractivity contribution in [1.29, 1.82) is 0 Å². The van der Waals surface area contributed by atoms with E-state index >= 15 is 0 Å². The molecule has 1 aromatic rings. The number of rotatable bonds is 7. The van der Waals surface area contributed by atoms with Crippen LogP contribution in [0.25, 0.3) is 0 Å². The van der Waals surface area contributed by atoms with E-state index in [0.29, 0.717) is 38.9 Å². The highest BCUT2D eigenvalue weighted by Gasteiger charge is 2.44. The van der Waals surface area contributed by atoms with Crippen LogP contribution in [0.4, 0.5) is 26.3 Å². The summed E-state index contributed by atoms with van der Waals surface area (Å²) in [6.07, 6.45) is -8.59. The Morgan fingerprint density at radius 1 is 1.05 bits per heavy atom. The topological polar surface area (TPSA) is 112 Å². The number of piperazine rings is 1. The number of carbonyl (C=O) groups is 1. The molecule has 4 rings (SSSR count). The summed E-state index contributed by atoms with van der Waals surface area (Å²) in [4.78, 5) is 28.3. The number of aromatic amines is 1. The zero-order valence-electron chi connectivity index (χ0n) is 20.6. The van der Waals surface area contributed by atoms with Gasteiger partial charge < -0.3 is 19.7 Å². The Morgan fingerprint density at radius 2 is 1.76 bits per heavy atom. The second-order valence-corrected chi connectivity index (χ2v) is 9.70. The summed E-state index contributed by atoms with van der Waals surface area (Å²) in [7, 11) is 0. The number of alkyl halides is 6. The number of ether oxygens (including phenoxy) is 2. The van der Waals surface area contributed by atoms with Gasteiger partial charge in [0.25, 0.3) is 11.5 Å². The van der Waals surface area contributed by atoms with Gasteiger partial charge in [-0.05, 0) is 19.8 Å². The molecule has 3 aliphatic rings. The molecule has 3 saturated heterocycles. The number of nitrogens with zero attached hydrogens (tertiary/aromatic N) is 3. The monoisotopic (exact) mass is 556 g/mol. The van der Waals surface area contributed by atoms with E-state index in [1.807, 2.05) is 0 Å². The molecule has 0 spiro atoms. The first kappa shape index (κ1) is 28.6. The number of halogens is 6. The lowest BCUT2D eigenvalue weighted by molar-refractivity contribution is -0.160. The van der Waals surface area contributed by atoms with E-state index < -0.39 is 47.5 Å². The van der Waals surface area contributed by atoms with Crippen molar-refractivity contribution in [3.05, 3.63) is 22.1 Å². The number of aromatic nitrogens is 2. The van der Waals surface area contributed by atoms with Crippen LogP contribution >= 0.6 is 0 Å². The maximum atomic E-state index is 13.2. The zero-order chi connectivity index (χ0) is 27.7. The summed E-state index contributed by atoms with van der Waals surface area (Å²) in [5.41, 5.74) is -2.91. The van der Waals surface area contributed by atoms with Crippen LogP contribution in [0, 0.1) is 0 Å². The molecule has 0 aliphatic carbocycles. The third-order valence-corrected chi connectivity index (χ3v) is 7.05. The molecule has 0 saturated carbocycles. The highest BCUT2D eigenvalue weighted by molar-refractivity contribution is 5.83. The normalized spacial score (nSPS) is 27.1. The molecule has 10 nitrogen and oxygen atoms in total. The van der Waals surface area contributed by atoms with E-state index in [2.05, 4.69) is 20.6 Å². The van der Waals surface area contributed by atoms with Crippen molar-refractivity contribution >= 4 is 5.91 Å². The van der Waals surface area contributed by atoms with Gasteiger partial charge in [-0.15, -0.1) is 0 Å². The van der Waals surface area contributed by atoms with Gasteiger partial charge in [-0.3, -0.25) is 19.8 Å². The second kappa shape index (κ2) is 11.4. The number of likely N-dealkylation sites (tertiary alicyclic amines) is 2. The van der Waals surface area contributed by atoms with Crippen LogP contribution in [-0.4, -0.2) is 102 Å². The van der Waals surface area contributed by atoms with Gasteiger partial charge in [0.05, 0.1) is 19.0 Å². The molecule has 1 aromatic heterocycles. The Balaban J connectivity index is 1.22. The van der Waals surface area contributed by atoms with E-state index in [4.69, 9.17) is 9.47 Å². The molecule has 0 radical (unpaired) electrons. The maximum absolute atomic E-state index is 13.2. The molecular weight excluding hydrogens is 526 g/mol. The summed E-state index contributed by atoms with van der Waals surface area (Å²) in [5, 5.41) is 10.6. The fourth-order valence-electron chi connectivity index (χ4n) is 5.09. The average Bonchev–Trinajstić information content (AvgIpc) is 3.21. The third kappa shape index (κ3) is 6.58. The number of nitrogens with one attached hydrogen (secondary N) is 3. The second-order valence-electron chi connectivity index (χ2n) is 9.70. The lowest BCUT2D eigenvalue weighted by Gasteiger charge is -2.43. The molecule has 0 bridgehead atoms. The number of hydrogen-bond acceptors (Lipinski definition) is 8. The Hall–Kier alpha value is -2.43. The van der Waals surface area contributed by atoms with Gasteiger partial charge in [-0.1, -0.05) is 0 Å². The van der Waals surface area contributed by atoms with Crippen LogP contribution in [0.1, 0.15) is 31.7 Å². The minimum absolute atomic E-state index is 0.0306. The third-order valence-electron chi connectivity index (χ3n) is 7.05. The van der Waals surface area contributed by atoms with Crippen LogP contribution in [0.5, 0.6) is 5.75 Å². The molecule has 4 heterocycles. The van der Waals surface area contributed by atoms with E-state index in [1.54, 1.807) is 10.00 Å². The molecule has 2 unspecified atom stereocenters. The Labute approximate surface area is 214 Å². The fraction of sp³-hybridized carbons (Fsp3) is 0.773. The quantitative estimate of drug-likeness (QED) is 0.428. The zero-order valence-corrected chi connectivity index (χ0v) is 20.6. The largest absolute Gasteiger partial charge is 0.486 e. The van der Waals surface area contributed by atoms with Gasteiger partial charge in [-0.25, -0.2) is 5.10 Å². The smallest absolute Gasteiger partial charge is 0.425 e. The van der Waals surface area contributed by atoms with Gasteiger partial charge in [0.15, 0.2) is 11.3 Å². The Kier molecular flexibility index (Phi) is 8.54. The lowest BCUT2D eigenvalue weighted by Crippen LogP contribution is -2.65. The summed E-state index contributed by atoms with van der Waals surface area (Å²) >= 11 is 0. The summed E-state index contributed by atoms with van der Waals surface area (Å²) < 4.78 is 89.0. The minimum atomic E-state index is -4.93.